The van der Waals surface area contributed by atoms with Crippen LogP contribution in [0.25, 0.3) is 0 Å². The van der Waals surface area contributed by atoms with Gasteiger partial charge >= 0.3 is 0 Å². The number of halogens is 3. The van der Waals surface area contributed by atoms with E-state index in [0.29, 0.717) is 21.3 Å². The van der Waals surface area contributed by atoms with Gasteiger partial charge in [-0.05, 0) is 66.9 Å². The fourth-order valence-electron chi connectivity index (χ4n) is 2.80. The Balaban J connectivity index is 0.000000321. The highest BCUT2D eigenvalue weighted by Crippen LogP contribution is 2.60. The van der Waals surface area contributed by atoms with Crippen molar-refractivity contribution >= 4 is 106 Å². The smallest absolute Gasteiger partial charge is 0.266 e. The van der Waals surface area contributed by atoms with Gasteiger partial charge in [0, 0.05) is 94.7 Å². The topological polar surface area (TPSA) is 26.0 Å². The number of alkyl halides is 2. The van der Waals surface area contributed by atoms with Crippen LogP contribution in [0.3, 0.4) is 0 Å². The summed E-state index contributed by atoms with van der Waals surface area (Å²) in [6, 6.07) is 3.40. The Morgan fingerprint density at radius 1 is 0.846 bits per heavy atom. The van der Waals surface area contributed by atoms with E-state index in [4.69, 9.17) is 5.73 Å². The molecule has 0 aromatic heterocycles. The Morgan fingerprint density at radius 2 is 1.23 bits per heavy atom. The number of nitrogens with two attached hydrogens (primary N) is 1. The molecule has 0 unspecified atom stereocenters. The summed E-state index contributed by atoms with van der Waals surface area (Å²) in [5.41, 5.74) is 5.25. The molecule has 1 aliphatic rings. The van der Waals surface area contributed by atoms with Gasteiger partial charge in [-0.25, -0.2) is 8.78 Å². The number of benzene rings is 1. The Morgan fingerprint density at radius 3 is 1.65 bits per heavy atom. The molecular weight excluding hydrogens is 577 g/mol. The molecule has 1 aromatic rings. The van der Waals surface area contributed by atoms with Gasteiger partial charge in [-0.3, -0.25) is 0 Å². The van der Waals surface area contributed by atoms with E-state index in [9.17, 15) is 8.78 Å². The van der Waals surface area contributed by atoms with Crippen LogP contribution < -0.4 is 5.73 Å². The van der Waals surface area contributed by atoms with Gasteiger partial charge in [-0.2, -0.15) is 0 Å². The second-order valence-corrected chi connectivity index (χ2v) is 19.5. The Labute approximate surface area is 190 Å². The van der Waals surface area contributed by atoms with Crippen molar-refractivity contribution in [3.63, 3.8) is 0 Å². The summed E-state index contributed by atoms with van der Waals surface area (Å²) in [5.74, 6) is -2.80. The standard InChI is InChI=1S/C13H16BrF2N.S9/c1-11(2)7-5-9(14)10(17)6-8(7)12(3,4)13(11,15)16;1-3-5-7-9-8-6-4-2/h5-6H,17H2,1-4H3;. The molecule has 2 N–H and O–H groups in total. The van der Waals surface area contributed by atoms with Crippen molar-refractivity contribution in [3.8, 4) is 0 Å². The molecule has 26 heavy (non-hydrogen) atoms. The zero-order chi connectivity index (χ0) is 20.2. The van der Waals surface area contributed by atoms with Gasteiger partial charge in [0.05, 0.1) is 10.8 Å². The first-order chi connectivity index (χ1) is 11.9. The Kier molecular flexibility index (Phi) is 10.1. The van der Waals surface area contributed by atoms with E-state index in [2.05, 4.69) is 38.3 Å². The van der Waals surface area contributed by atoms with Gasteiger partial charge in [0.15, 0.2) is 0 Å². The zero-order valence-corrected chi connectivity index (χ0v) is 23.0. The highest BCUT2D eigenvalue weighted by Gasteiger charge is 2.65. The minimum Gasteiger partial charge on any atom is -0.398 e. The molecule has 1 aliphatic carbocycles. The fraction of sp³-hybridized carbons (Fsp3) is 0.538. The summed E-state index contributed by atoms with van der Waals surface area (Å²) in [4.78, 5) is 0. The Hall–Kier alpha value is 1.34. The van der Waals surface area contributed by atoms with Crippen LogP contribution >= 0.6 is 15.9 Å². The molecule has 0 heterocycles. The summed E-state index contributed by atoms with van der Waals surface area (Å²) in [6.07, 6.45) is 0. The number of nitrogen functional groups attached to an aromatic ring is 1. The van der Waals surface area contributed by atoms with E-state index in [1.54, 1.807) is 84.2 Å². The average Bonchev–Trinajstić information content (AvgIpc) is 2.65. The van der Waals surface area contributed by atoms with Gasteiger partial charge in [-0.1, -0.05) is 0 Å². The van der Waals surface area contributed by atoms with Crippen LogP contribution in [0.4, 0.5) is 14.5 Å². The molecule has 13 heteroatoms. The van der Waals surface area contributed by atoms with E-state index in [1.165, 1.54) is 17.8 Å². The van der Waals surface area contributed by atoms with E-state index < -0.39 is 16.8 Å². The van der Waals surface area contributed by atoms with Crippen molar-refractivity contribution in [1.82, 2.24) is 0 Å². The van der Waals surface area contributed by atoms with Crippen molar-refractivity contribution in [2.45, 2.75) is 44.4 Å². The molecule has 1 aromatic carbocycles. The lowest BCUT2D eigenvalue weighted by molar-refractivity contribution is -0.105. The number of anilines is 1. The van der Waals surface area contributed by atoms with E-state index in [0.717, 1.165) is 0 Å². The number of fused-ring (bicyclic) bond motifs is 1. The zero-order valence-electron chi connectivity index (χ0n) is 14.0. The van der Waals surface area contributed by atoms with E-state index in [1.807, 2.05) is 0 Å². The molecule has 1 nitrogen and oxygen atoms in total. The largest absolute Gasteiger partial charge is 0.398 e. The maximum Gasteiger partial charge on any atom is 0.266 e. The fourth-order valence-corrected chi connectivity index (χ4v) is 16.9. The normalized spacial score (nSPS) is 17.7. The summed E-state index contributed by atoms with van der Waals surface area (Å²) < 4.78 is 29.7. The second-order valence-electron chi connectivity index (χ2n) is 6.22. The lowest BCUT2D eigenvalue weighted by Gasteiger charge is -2.35. The molecule has 148 valence electrons. The monoisotopic (exact) mass is 591 g/mol. The molecule has 0 bridgehead atoms. The van der Waals surface area contributed by atoms with E-state index >= 15 is 0 Å². The number of hydrogen-bond acceptors (Lipinski definition) is 3. The van der Waals surface area contributed by atoms with Gasteiger partial charge in [-0.15, -0.1) is 0 Å². The van der Waals surface area contributed by atoms with Crippen LogP contribution in [-0.4, -0.2) is 5.92 Å². The third-order valence-corrected chi connectivity index (χ3v) is 18.2. The van der Waals surface area contributed by atoms with Crippen molar-refractivity contribution < 1.29 is 8.78 Å². The van der Waals surface area contributed by atoms with E-state index in [-0.39, 0.29) is 0 Å². The first kappa shape index (κ1) is 25.4. The van der Waals surface area contributed by atoms with Crippen molar-refractivity contribution in [2.75, 3.05) is 5.73 Å². The van der Waals surface area contributed by atoms with Crippen molar-refractivity contribution in [2.24, 2.45) is 0 Å². The molecule has 0 fully saturated rings. The van der Waals surface area contributed by atoms with Crippen molar-refractivity contribution in [1.29, 1.82) is 0 Å². The molecule has 0 atom stereocenters. The van der Waals surface area contributed by atoms with Gasteiger partial charge in [0.25, 0.3) is 5.92 Å². The van der Waals surface area contributed by atoms with Gasteiger partial charge in [0.2, 0.25) is 0 Å². The van der Waals surface area contributed by atoms with Crippen LogP contribution in [0.5, 0.6) is 0 Å². The molecule has 0 spiro atoms. The summed E-state index contributed by atoms with van der Waals surface area (Å²) >= 11 is 12.6. The predicted molar refractivity (Wildman–Crippen MR) is 136 cm³/mol. The molecule has 2 rings (SSSR count). The van der Waals surface area contributed by atoms with Crippen LogP contribution in [0.15, 0.2) is 16.6 Å². The second kappa shape index (κ2) is 10.4. The highest BCUT2D eigenvalue weighted by atomic mass is 79.9. The lowest BCUT2D eigenvalue weighted by Crippen LogP contribution is -2.46. The third-order valence-electron chi connectivity index (χ3n) is 4.22. The SMILES string of the molecule is CC1(C)c2cc(N)c(Br)cc2C(C)(C)C1(F)F.S=S=S=S=S=S=S=S=S. The molecular formula is C13H16BrF2NS9. The van der Waals surface area contributed by atoms with Crippen molar-refractivity contribution in [3.05, 3.63) is 27.7 Å². The first-order valence-corrected chi connectivity index (χ1v) is 18.3. The average molecular weight is 593 g/mol. The first-order valence-electron chi connectivity index (χ1n) is 6.84. The quantitative estimate of drug-likeness (QED) is 0.458. The Bertz CT molecular complexity index is 920. The highest BCUT2D eigenvalue weighted by molar-refractivity contribution is 9.10. The number of rotatable bonds is 0. The van der Waals surface area contributed by atoms with Crippen LogP contribution in [-0.2, 0) is 95.4 Å². The number of hydrogen-bond donors (Lipinski definition) is 1. The summed E-state index contributed by atoms with van der Waals surface area (Å²) in [7, 11) is 10.9. The maximum atomic E-state index is 14.5. The van der Waals surface area contributed by atoms with Crippen LogP contribution in [0, 0.1) is 0 Å². The molecule has 0 aliphatic heterocycles. The lowest BCUT2D eigenvalue weighted by atomic mass is 9.77. The third kappa shape index (κ3) is 5.28. The molecule has 0 amide bonds. The van der Waals surface area contributed by atoms with Crippen LogP contribution in [0.1, 0.15) is 38.8 Å². The molecule has 0 saturated carbocycles. The summed E-state index contributed by atoms with van der Waals surface area (Å²) in [6.45, 7) is 6.33. The summed E-state index contributed by atoms with van der Waals surface area (Å²) in [5, 5.41) is 0. The molecule has 0 saturated heterocycles. The van der Waals surface area contributed by atoms with Gasteiger partial charge < -0.3 is 5.73 Å². The van der Waals surface area contributed by atoms with Crippen LogP contribution in [0.2, 0.25) is 0 Å². The predicted octanol–water partition coefficient (Wildman–Crippen LogP) is 4.21. The van der Waals surface area contributed by atoms with Gasteiger partial charge in [0.1, 0.15) is 0 Å². The molecule has 0 radical (unpaired) electrons. The maximum absolute atomic E-state index is 14.5. The minimum absolute atomic E-state index is 0.505. The minimum atomic E-state index is -2.80.